The molecule has 0 aliphatic rings. The maximum atomic E-state index is 11.6. The van der Waals surface area contributed by atoms with Gasteiger partial charge >= 0.3 is 12.0 Å². The van der Waals surface area contributed by atoms with Crippen molar-refractivity contribution in [1.82, 2.24) is 10.2 Å². The Kier molecular flexibility index (Phi) is 6.96. The van der Waals surface area contributed by atoms with Crippen molar-refractivity contribution >= 4 is 23.8 Å². The number of amides is 2. The van der Waals surface area contributed by atoms with Crippen LogP contribution in [0.2, 0.25) is 0 Å². The smallest absolute Gasteiger partial charge is 0.326 e. The van der Waals surface area contributed by atoms with E-state index in [-0.39, 0.29) is 11.9 Å². The second-order valence-electron chi connectivity index (χ2n) is 3.92. The molecule has 0 bridgehead atoms. The number of carbonyl (C=O) groups is 2. The number of nitrogens with one attached hydrogen (secondary N) is 1. The molecule has 2 amide bonds. The molecule has 5 nitrogen and oxygen atoms in total. The zero-order chi connectivity index (χ0) is 12.7. The Labute approximate surface area is 101 Å². The minimum Gasteiger partial charge on any atom is -0.480 e. The minimum atomic E-state index is -0.999. The third-order valence-electron chi connectivity index (χ3n) is 2.19. The van der Waals surface area contributed by atoms with Gasteiger partial charge in [-0.1, -0.05) is 13.8 Å². The van der Waals surface area contributed by atoms with Crippen LogP contribution in [0.1, 0.15) is 13.8 Å². The molecule has 16 heavy (non-hydrogen) atoms. The van der Waals surface area contributed by atoms with Crippen LogP contribution in [0.3, 0.4) is 0 Å². The van der Waals surface area contributed by atoms with Crippen LogP contribution in [0.4, 0.5) is 4.79 Å². The molecule has 0 aliphatic carbocycles. The van der Waals surface area contributed by atoms with Crippen LogP contribution in [0.15, 0.2) is 0 Å². The fourth-order valence-electron chi connectivity index (χ4n) is 1.09. The molecule has 0 radical (unpaired) electrons. The van der Waals surface area contributed by atoms with Gasteiger partial charge in [-0.05, 0) is 12.2 Å². The molecule has 0 aliphatic heterocycles. The Balaban J connectivity index is 4.24. The predicted octanol–water partition coefficient (Wildman–Crippen LogP) is 1.10. The van der Waals surface area contributed by atoms with Crippen LogP contribution in [0.5, 0.6) is 0 Å². The third-order valence-corrected chi connectivity index (χ3v) is 2.78. The lowest BCUT2D eigenvalue weighted by Gasteiger charge is -2.23. The summed E-state index contributed by atoms with van der Waals surface area (Å²) in [6, 6.07) is -1.17. The summed E-state index contributed by atoms with van der Waals surface area (Å²) in [6.07, 6.45) is 1.96. The summed E-state index contributed by atoms with van der Waals surface area (Å²) in [5, 5.41) is 11.4. The highest BCUT2D eigenvalue weighted by Crippen LogP contribution is 2.03. The maximum Gasteiger partial charge on any atom is 0.326 e. The molecule has 1 atom stereocenters. The first-order valence-electron chi connectivity index (χ1n) is 5.13. The van der Waals surface area contributed by atoms with Crippen LogP contribution in [0.25, 0.3) is 0 Å². The number of thioether (sulfide) groups is 1. The van der Waals surface area contributed by atoms with Crippen LogP contribution in [0, 0.1) is 5.92 Å². The summed E-state index contributed by atoms with van der Waals surface area (Å²) in [4.78, 5) is 24.0. The van der Waals surface area contributed by atoms with Crippen molar-refractivity contribution in [2.75, 3.05) is 25.6 Å². The van der Waals surface area contributed by atoms with E-state index in [1.807, 2.05) is 6.26 Å². The normalized spacial score (nSPS) is 12.3. The first kappa shape index (κ1) is 15.1. The van der Waals surface area contributed by atoms with Crippen molar-refractivity contribution in [2.45, 2.75) is 19.9 Å². The number of hydrogen-bond acceptors (Lipinski definition) is 3. The highest BCUT2D eigenvalue weighted by molar-refractivity contribution is 7.98. The average Bonchev–Trinajstić information content (AvgIpc) is 2.20. The predicted molar refractivity (Wildman–Crippen MR) is 65.8 cm³/mol. The highest BCUT2D eigenvalue weighted by Gasteiger charge is 2.24. The molecule has 0 aromatic carbocycles. The lowest BCUT2D eigenvalue weighted by Crippen LogP contribution is -2.49. The van der Waals surface area contributed by atoms with Gasteiger partial charge in [0.2, 0.25) is 0 Å². The summed E-state index contributed by atoms with van der Waals surface area (Å²) in [6.45, 7) is 4.14. The molecule has 6 heteroatoms. The number of rotatable bonds is 6. The van der Waals surface area contributed by atoms with Crippen molar-refractivity contribution in [3.8, 4) is 0 Å². The SMILES string of the molecule is CSCCN(C)C(=O)NC(C(=O)O)C(C)C. The van der Waals surface area contributed by atoms with Gasteiger partial charge in [0.1, 0.15) is 6.04 Å². The Bertz CT molecular complexity index is 246. The van der Waals surface area contributed by atoms with Crippen LogP contribution < -0.4 is 5.32 Å². The molecule has 0 spiro atoms. The van der Waals surface area contributed by atoms with E-state index in [2.05, 4.69) is 5.32 Å². The Morgan fingerprint density at radius 2 is 2.00 bits per heavy atom. The zero-order valence-electron chi connectivity index (χ0n) is 10.2. The van der Waals surface area contributed by atoms with Crippen molar-refractivity contribution in [3.63, 3.8) is 0 Å². The summed E-state index contributed by atoms with van der Waals surface area (Å²) in [7, 11) is 1.66. The summed E-state index contributed by atoms with van der Waals surface area (Å²) >= 11 is 1.64. The topological polar surface area (TPSA) is 69.6 Å². The number of nitrogens with zero attached hydrogens (tertiary/aromatic N) is 1. The van der Waals surface area contributed by atoms with Crippen molar-refractivity contribution < 1.29 is 14.7 Å². The molecule has 0 aromatic heterocycles. The number of carbonyl (C=O) groups excluding carboxylic acids is 1. The Morgan fingerprint density at radius 3 is 2.38 bits per heavy atom. The first-order valence-corrected chi connectivity index (χ1v) is 6.53. The van der Waals surface area contributed by atoms with Gasteiger partial charge in [-0.15, -0.1) is 0 Å². The molecular weight excluding hydrogens is 228 g/mol. The standard InChI is InChI=1S/C10H20N2O3S/c1-7(2)8(9(13)14)11-10(15)12(3)5-6-16-4/h7-8H,5-6H2,1-4H3,(H,11,15)(H,13,14). The number of carboxylic acids is 1. The number of hydrogen-bond donors (Lipinski definition) is 2. The zero-order valence-corrected chi connectivity index (χ0v) is 11.0. The molecule has 94 valence electrons. The van der Waals surface area contributed by atoms with E-state index in [1.54, 1.807) is 32.7 Å². The fourth-order valence-corrected chi connectivity index (χ4v) is 1.54. The van der Waals surface area contributed by atoms with E-state index in [0.717, 1.165) is 5.75 Å². The van der Waals surface area contributed by atoms with Crippen LogP contribution in [-0.4, -0.2) is 53.6 Å². The van der Waals surface area contributed by atoms with Gasteiger partial charge in [0.05, 0.1) is 0 Å². The molecule has 0 heterocycles. The number of carboxylic acid groups (broad SMARTS) is 1. The van der Waals surface area contributed by atoms with Gasteiger partial charge in [0.15, 0.2) is 0 Å². The number of aliphatic carboxylic acids is 1. The summed E-state index contributed by atoms with van der Waals surface area (Å²) in [5.74, 6) is -0.291. The van der Waals surface area contributed by atoms with Gasteiger partial charge < -0.3 is 15.3 Å². The van der Waals surface area contributed by atoms with E-state index in [1.165, 1.54) is 4.90 Å². The third kappa shape index (κ3) is 5.25. The second kappa shape index (κ2) is 7.38. The van der Waals surface area contributed by atoms with E-state index in [0.29, 0.717) is 6.54 Å². The van der Waals surface area contributed by atoms with Crippen molar-refractivity contribution in [2.24, 2.45) is 5.92 Å². The molecule has 1 unspecified atom stereocenters. The first-order chi connectivity index (χ1) is 7.40. The van der Waals surface area contributed by atoms with Gasteiger partial charge in [-0.25, -0.2) is 9.59 Å². The van der Waals surface area contributed by atoms with Crippen molar-refractivity contribution in [3.05, 3.63) is 0 Å². The lowest BCUT2D eigenvalue weighted by atomic mass is 10.1. The molecule has 2 N–H and O–H groups in total. The van der Waals surface area contributed by atoms with Gasteiger partial charge in [0, 0.05) is 19.3 Å². The largest absolute Gasteiger partial charge is 0.480 e. The maximum absolute atomic E-state index is 11.6. The Morgan fingerprint density at radius 1 is 1.44 bits per heavy atom. The molecular formula is C10H20N2O3S. The van der Waals surface area contributed by atoms with Gasteiger partial charge in [-0.3, -0.25) is 0 Å². The molecule has 0 fully saturated rings. The average molecular weight is 248 g/mol. The molecule has 0 aromatic rings. The quantitative estimate of drug-likeness (QED) is 0.738. The number of urea groups is 1. The van der Waals surface area contributed by atoms with E-state index < -0.39 is 12.0 Å². The minimum absolute atomic E-state index is 0.129. The monoisotopic (exact) mass is 248 g/mol. The van der Waals surface area contributed by atoms with Gasteiger partial charge in [0.25, 0.3) is 0 Å². The van der Waals surface area contributed by atoms with E-state index in [4.69, 9.17) is 5.11 Å². The van der Waals surface area contributed by atoms with Crippen molar-refractivity contribution in [1.29, 1.82) is 0 Å². The van der Waals surface area contributed by atoms with Crippen LogP contribution >= 0.6 is 11.8 Å². The van der Waals surface area contributed by atoms with E-state index >= 15 is 0 Å². The summed E-state index contributed by atoms with van der Waals surface area (Å²) in [5.41, 5.74) is 0. The molecule has 0 rings (SSSR count). The lowest BCUT2D eigenvalue weighted by molar-refractivity contribution is -0.140. The van der Waals surface area contributed by atoms with Crippen LogP contribution in [-0.2, 0) is 4.79 Å². The van der Waals surface area contributed by atoms with Gasteiger partial charge in [-0.2, -0.15) is 11.8 Å². The second-order valence-corrected chi connectivity index (χ2v) is 4.91. The highest BCUT2D eigenvalue weighted by atomic mass is 32.2. The fraction of sp³-hybridized carbons (Fsp3) is 0.800. The Hall–Kier alpha value is -0.910. The molecule has 0 saturated carbocycles. The van der Waals surface area contributed by atoms with E-state index in [9.17, 15) is 9.59 Å². The summed E-state index contributed by atoms with van der Waals surface area (Å²) < 4.78 is 0. The molecule has 0 saturated heterocycles.